The number of aryl methyl sites for hydroxylation is 1. The molecule has 136 valence electrons. The summed E-state index contributed by atoms with van der Waals surface area (Å²) in [4.78, 5) is 14.7. The number of benzene rings is 2. The minimum Gasteiger partial charge on any atom is -0.497 e. The third-order valence-corrected chi connectivity index (χ3v) is 5.71. The molecule has 2 aromatic carbocycles. The summed E-state index contributed by atoms with van der Waals surface area (Å²) >= 11 is 1.74. The van der Waals surface area contributed by atoms with Crippen LogP contribution < -0.4 is 9.47 Å². The highest BCUT2D eigenvalue weighted by Crippen LogP contribution is 2.43. The van der Waals surface area contributed by atoms with E-state index in [0.717, 1.165) is 33.9 Å². The van der Waals surface area contributed by atoms with Gasteiger partial charge in [0, 0.05) is 23.9 Å². The van der Waals surface area contributed by atoms with Gasteiger partial charge in [-0.2, -0.15) is 0 Å². The Balaban J connectivity index is 1.84. The number of carbonyl (C=O) groups excluding carboxylic acids is 1. The molecule has 0 spiro atoms. The summed E-state index contributed by atoms with van der Waals surface area (Å²) in [6, 6.07) is 13.7. The van der Waals surface area contributed by atoms with E-state index in [9.17, 15) is 4.79 Å². The molecular formula is C21H23NO3S. The molecule has 1 fully saturated rings. The number of hydrogen-bond donors (Lipinski definition) is 0. The first kappa shape index (κ1) is 18.4. The molecule has 0 saturated carbocycles. The highest BCUT2D eigenvalue weighted by molar-refractivity contribution is 7.99. The highest BCUT2D eigenvalue weighted by Gasteiger charge is 2.31. The average molecular weight is 369 g/mol. The molecule has 3 rings (SSSR count). The van der Waals surface area contributed by atoms with Gasteiger partial charge in [0.25, 0.3) is 0 Å². The minimum absolute atomic E-state index is 0.00752. The Morgan fingerprint density at radius 1 is 1.19 bits per heavy atom. The summed E-state index contributed by atoms with van der Waals surface area (Å²) in [5.74, 6) is 2.43. The van der Waals surface area contributed by atoms with E-state index in [0.29, 0.717) is 6.54 Å². The molecule has 0 aromatic heterocycles. The molecule has 2 aromatic rings. The summed E-state index contributed by atoms with van der Waals surface area (Å²) in [5.41, 5.74) is 3.17. The van der Waals surface area contributed by atoms with E-state index in [1.165, 1.54) is 0 Å². The second-order valence-electron chi connectivity index (χ2n) is 6.05. The molecule has 1 amide bonds. The zero-order valence-electron chi connectivity index (χ0n) is 15.3. The fourth-order valence-corrected chi connectivity index (χ4v) is 4.29. The van der Waals surface area contributed by atoms with Gasteiger partial charge in [-0.3, -0.25) is 4.79 Å². The monoisotopic (exact) mass is 369 g/mol. The largest absolute Gasteiger partial charge is 0.497 e. The summed E-state index contributed by atoms with van der Waals surface area (Å²) in [5, 5.41) is -0.0749. The van der Waals surface area contributed by atoms with Crippen molar-refractivity contribution in [3.63, 3.8) is 0 Å². The average Bonchev–Trinajstić information content (AvgIpc) is 3.16. The molecule has 1 saturated heterocycles. The van der Waals surface area contributed by atoms with Crippen LogP contribution in [0.1, 0.15) is 22.1 Å². The molecule has 1 unspecified atom stereocenters. The van der Waals surface area contributed by atoms with Crippen molar-refractivity contribution < 1.29 is 14.3 Å². The molecular weight excluding hydrogens is 346 g/mol. The van der Waals surface area contributed by atoms with Gasteiger partial charge in [0.15, 0.2) is 0 Å². The van der Waals surface area contributed by atoms with Crippen molar-refractivity contribution in [1.82, 2.24) is 4.90 Å². The van der Waals surface area contributed by atoms with Crippen LogP contribution in [0.4, 0.5) is 0 Å². The molecule has 0 aliphatic carbocycles. The Morgan fingerprint density at radius 3 is 2.73 bits per heavy atom. The maximum absolute atomic E-state index is 12.8. The van der Waals surface area contributed by atoms with Gasteiger partial charge in [-0.25, -0.2) is 0 Å². The van der Waals surface area contributed by atoms with Crippen molar-refractivity contribution in [1.29, 1.82) is 0 Å². The fraction of sp³-hybridized carbons (Fsp3) is 0.286. The molecule has 1 heterocycles. The molecule has 1 aliphatic rings. The second kappa shape index (κ2) is 8.32. The number of thioether (sulfide) groups is 1. The molecule has 0 N–H and O–H groups in total. The first-order valence-corrected chi connectivity index (χ1v) is 9.56. The number of ether oxygens (including phenoxy) is 2. The predicted molar refractivity (Wildman–Crippen MR) is 107 cm³/mol. The van der Waals surface area contributed by atoms with Crippen LogP contribution in [-0.4, -0.2) is 37.3 Å². The number of nitrogens with zero attached hydrogens (tertiary/aromatic N) is 1. The SMILES string of the molecule is COc1ccc(OC)c(C2SCCN2C(=O)/C=C/c2ccccc2C)c1. The number of carbonyl (C=O) groups is 1. The number of hydrogen-bond acceptors (Lipinski definition) is 4. The van der Waals surface area contributed by atoms with Crippen LogP contribution in [0.5, 0.6) is 11.5 Å². The van der Waals surface area contributed by atoms with Crippen molar-refractivity contribution >= 4 is 23.7 Å². The van der Waals surface area contributed by atoms with Gasteiger partial charge in [-0.1, -0.05) is 24.3 Å². The first-order chi connectivity index (χ1) is 12.6. The summed E-state index contributed by atoms with van der Waals surface area (Å²) in [7, 11) is 3.29. The van der Waals surface area contributed by atoms with Gasteiger partial charge in [-0.15, -0.1) is 11.8 Å². The van der Waals surface area contributed by atoms with E-state index in [-0.39, 0.29) is 11.3 Å². The van der Waals surface area contributed by atoms with Crippen LogP contribution in [-0.2, 0) is 4.79 Å². The van der Waals surface area contributed by atoms with Crippen molar-refractivity contribution in [3.05, 3.63) is 65.2 Å². The topological polar surface area (TPSA) is 38.8 Å². The van der Waals surface area contributed by atoms with Gasteiger partial charge in [-0.05, 0) is 42.3 Å². The van der Waals surface area contributed by atoms with E-state index in [4.69, 9.17) is 9.47 Å². The molecule has 5 heteroatoms. The van der Waals surface area contributed by atoms with E-state index in [1.807, 2.05) is 60.4 Å². The van der Waals surface area contributed by atoms with Crippen LogP contribution >= 0.6 is 11.8 Å². The fourth-order valence-electron chi connectivity index (χ4n) is 3.02. The number of methoxy groups -OCH3 is 2. The lowest BCUT2D eigenvalue weighted by molar-refractivity contribution is -0.126. The first-order valence-electron chi connectivity index (χ1n) is 8.52. The third-order valence-electron chi connectivity index (χ3n) is 4.47. The Kier molecular flexibility index (Phi) is 5.89. The van der Waals surface area contributed by atoms with E-state index in [2.05, 4.69) is 0 Å². The van der Waals surface area contributed by atoms with E-state index < -0.39 is 0 Å². The molecule has 26 heavy (non-hydrogen) atoms. The lowest BCUT2D eigenvalue weighted by Crippen LogP contribution is -2.29. The third kappa shape index (κ3) is 3.88. The molecule has 0 bridgehead atoms. The van der Waals surface area contributed by atoms with Gasteiger partial charge < -0.3 is 14.4 Å². The smallest absolute Gasteiger partial charge is 0.247 e. The zero-order chi connectivity index (χ0) is 18.5. The Bertz CT molecular complexity index is 819. The molecule has 1 aliphatic heterocycles. The Morgan fingerprint density at radius 2 is 2.00 bits per heavy atom. The molecule has 0 radical (unpaired) electrons. The predicted octanol–water partition coefficient (Wildman–Crippen LogP) is 4.30. The number of rotatable bonds is 5. The summed E-state index contributed by atoms with van der Waals surface area (Å²) in [6.07, 6.45) is 3.55. The van der Waals surface area contributed by atoms with Gasteiger partial charge in [0.1, 0.15) is 16.9 Å². The maximum Gasteiger partial charge on any atom is 0.247 e. The lowest BCUT2D eigenvalue weighted by Gasteiger charge is -2.24. The van der Waals surface area contributed by atoms with Crippen molar-refractivity contribution in [2.24, 2.45) is 0 Å². The standard InChI is InChI=1S/C21H23NO3S/c1-15-6-4-5-7-16(15)8-11-20(23)22-12-13-26-21(22)18-14-17(24-2)9-10-19(18)25-3/h4-11,14,21H,12-13H2,1-3H3/b11-8+. The van der Waals surface area contributed by atoms with Crippen molar-refractivity contribution in [2.75, 3.05) is 26.5 Å². The molecule has 1 atom stereocenters. The Hall–Kier alpha value is -2.40. The van der Waals surface area contributed by atoms with Gasteiger partial charge in [0.05, 0.1) is 14.2 Å². The van der Waals surface area contributed by atoms with Gasteiger partial charge >= 0.3 is 0 Å². The summed E-state index contributed by atoms with van der Waals surface area (Å²) in [6.45, 7) is 2.76. The van der Waals surface area contributed by atoms with Crippen LogP contribution in [0.2, 0.25) is 0 Å². The number of amides is 1. The van der Waals surface area contributed by atoms with Crippen LogP contribution in [0.3, 0.4) is 0 Å². The normalized spacial score (nSPS) is 16.9. The summed E-state index contributed by atoms with van der Waals surface area (Å²) < 4.78 is 10.9. The van der Waals surface area contributed by atoms with Crippen molar-refractivity contribution in [2.45, 2.75) is 12.3 Å². The second-order valence-corrected chi connectivity index (χ2v) is 7.24. The zero-order valence-corrected chi connectivity index (χ0v) is 16.1. The minimum atomic E-state index is -0.0749. The lowest BCUT2D eigenvalue weighted by atomic mass is 10.1. The highest BCUT2D eigenvalue weighted by atomic mass is 32.2. The Labute approximate surface area is 158 Å². The van der Waals surface area contributed by atoms with E-state index >= 15 is 0 Å². The van der Waals surface area contributed by atoms with Crippen LogP contribution in [0, 0.1) is 6.92 Å². The van der Waals surface area contributed by atoms with Gasteiger partial charge in [0.2, 0.25) is 5.91 Å². The molecule has 4 nitrogen and oxygen atoms in total. The quantitative estimate of drug-likeness (QED) is 0.737. The van der Waals surface area contributed by atoms with Crippen LogP contribution in [0.15, 0.2) is 48.5 Å². The maximum atomic E-state index is 12.8. The van der Waals surface area contributed by atoms with Crippen LogP contribution in [0.25, 0.3) is 6.08 Å². The van der Waals surface area contributed by atoms with E-state index in [1.54, 1.807) is 32.1 Å². The van der Waals surface area contributed by atoms with Crippen molar-refractivity contribution in [3.8, 4) is 11.5 Å².